The molecule has 3 rings (SSSR count). The molecule has 0 aliphatic heterocycles. The second kappa shape index (κ2) is 9.59. The fourth-order valence-corrected chi connectivity index (χ4v) is 3.10. The molecule has 2 aromatic heterocycles. The van der Waals surface area contributed by atoms with Gasteiger partial charge in [-0.3, -0.25) is 14.6 Å². The predicted octanol–water partition coefficient (Wildman–Crippen LogP) is 2.69. The molecule has 0 saturated carbocycles. The first kappa shape index (κ1) is 23.6. The highest BCUT2D eigenvalue weighted by Crippen LogP contribution is 2.19. The molecule has 0 aliphatic rings. The Labute approximate surface area is 186 Å². The summed E-state index contributed by atoms with van der Waals surface area (Å²) in [6.07, 6.45) is -2.45. The maximum absolute atomic E-state index is 12.7. The first-order chi connectivity index (χ1) is 15.6. The summed E-state index contributed by atoms with van der Waals surface area (Å²) in [5.74, 6) is -2.98. The van der Waals surface area contributed by atoms with Gasteiger partial charge in [-0.15, -0.1) is 5.10 Å². The number of carbonyl (C=O) groups is 2. The summed E-state index contributed by atoms with van der Waals surface area (Å²) in [4.78, 5) is 33.7. The third-order valence-corrected chi connectivity index (χ3v) is 4.62. The van der Waals surface area contributed by atoms with Gasteiger partial charge >= 0.3 is 6.18 Å². The summed E-state index contributed by atoms with van der Waals surface area (Å²) in [6, 6.07) is 12.4. The molecule has 9 nitrogen and oxygen atoms in total. The van der Waals surface area contributed by atoms with E-state index >= 15 is 0 Å². The Morgan fingerprint density at radius 3 is 2.58 bits per heavy atom. The van der Waals surface area contributed by atoms with Crippen LogP contribution in [0.2, 0.25) is 0 Å². The van der Waals surface area contributed by atoms with Crippen LogP contribution in [-0.4, -0.2) is 70.1 Å². The monoisotopic (exact) mass is 459 g/mol. The predicted molar refractivity (Wildman–Crippen MR) is 116 cm³/mol. The molecule has 2 N–H and O–H groups in total. The van der Waals surface area contributed by atoms with Gasteiger partial charge < -0.3 is 15.6 Å². The van der Waals surface area contributed by atoms with Gasteiger partial charge in [0.15, 0.2) is 11.5 Å². The van der Waals surface area contributed by atoms with Crippen molar-refractivity contribution in [3.63, 3.8) is 0 Å². The number of carbonyl (C=O) groups excluding carboxylic acids is 2. The molecule has 0 fully saturated rings. The second-order valence-corrected chi connectivity index (χ2v) is 7.04. The van der Waals surface area contributed by atoms with E-state index in [1.807, 2.05) is 30.3 Å². The molecule has 12 heteroatoms. The van der Waals surface area contributed by atoms with E-state index in [4.69, 9.17) is 5.41 Å². The molecule has 33 heavy (non-hydrogen) atoms. The SMILES string of the molecule is CN=C(C(=O)Nc1ccn2nc(-c3ccccc3)nc2c1)C(C=N)C(=O)N(C)CC(F)(F)F. The minimum atomic E-state index is -4.62. The average Bonchev–Trinajstić information content (AvgIpc) is 3.19. The van der Waals surface area contributed by atoms with E-state index in [1.54, 1.807) is 18.3 Å². The fourth-order valence-electron chi connectivity index (χ4n) is 3.10. The van der Waals surface area contributed by atoms with Crippen molar-refractivity contribution in [1.82, 2.24) is 19.5 Å². The summed E-state index contributed by atoms with van der Waals surface area (Å²) in [7, 11) is 2.16. The average molecular weight is 459 g/mol. The molecule has 172 valence electrons. The third kappa shape index (κ3) is 5.59. The molecule has 0 aliphatic carbocycles. The lowest BCUT2D eigenvalue weighted by atomic mass is 10.0. The molecule has 1 aromatic carbocycles. The van der Waals surface area contributed by atoms with Crippen LogP contribution in [0.4, 0.5) is 18.9 Å². The molecular weight excluding hydrogens is 439 g/mol. The second-order valence-electron chi connectivity index (χ2n) is 7.04. The van der Waals surface area contributed by atoms with Crippen LogP contribution in [0, 0.1) is 11.3 Å². The molecule has 0 radical (unpaired) electrons. The molecule has 2 amide bonds. The molecule has 1 atom stereocenters. The Hall–Kier alpha value is -4.09. The van der Waals surface area contributed by atoms with Crippen LogP contribution in [0.5, 0.6) is 0 Å². The van der Waals surface area contributed by atoms with Crippen molar-refractivity contribution in [3.05, 3.63) is 48.7 Å². The Morgan fingerprint density at radius 2 is 1.97 bits per heavy atom. The topological polar surface area (TPSA) is 116 Å². The van der Waals surface area contributed by atoms with Gasteiger partial charge in [0.25, 0.3) is 5.91 Å². The zero-order valence-corrected chi connectivity index (χ0v) is 17.7. The number of aliphatic imine (C=N–C) groups is 1. The van der Waals surface area contributed by atoms with Crippen molar-refractivity contribution in [2.45, 2.75) is 6.18 Å². The summed E-state index contributed by atoms with van der Waals surface area (Å²) in [5.41, 5.74) is 1.16. The van der Waals surface area contributed by atoms with Crippen LogP contribution >= 0.6 is 0 Å². The van der Waals surface area contributed by atoms with Gasteiger partial charge in [0.1, 0.15) is 18.2 Å². The molecule has 1 unspecified atom stereocenters. The van der Waals surface area contributed by atoms with Crippen LogP contribution in [0.15, 0.2) is 53.7 Å². The Morgan fingerprint density at radius 1 is 1.27 bits per heavy atom. The number of rotatable bonds is 7. The Balaban J connectivity index is 1.79. The lowest BCUT2D eigenvalue weighted by Crippen LogP contribution is -2.45. The van der Waals surface area contributed by atoms with Crippen molar-refractivity contribution >= 4 is 35.1 Å². The van der Waals surface area contributed by atoms with Crippen molar-refractivity contribution in [2.75, 3.05) is 26.0 Å². The van der Waals surface area contributed by atoms with Crippen LogP contribution in [0.3, 0.4) is 0 Å². The number of anilines is 1. The quantitative estimate of drug-likeness (QED) is 0.529. The lowest BCUT2D eigenvalue weighted by Gasteiger charge is -2.23. The van der Waals surface area contributed by atoms with E-state index in [0.717, 1.165) is 12.6 Å². The molecule has 0 spiro atoms. The highest BCUT2D eigenvalue weighted by molar-refractivity contribution is 6.49. The minimum Gasteiger partial charge on any atom is -0.336 e. The number of benzene rings is 1. The number of alkyl halides is 3. The van der Waals surface area contributed by atoms with Crippen LogP contribution in [0.25, 0.3) is 17.0 Å². The van der Waals surface area contributed by atoms with E-state index in [9.17, 15) is 22.8 Å². The van der Waals surface area contributed by atoms with Gasteiger partial charge in [0.05, 0.1) is 0 Å². The van der Waals surface area contributed by atoms with Gasteiger partial charge in [-0.05, 0) is 6.07 Å². The number of aromatic nitrogens is 3. The molecule has 0 bridgehead atoms. The van der Waals surface area contributed by atoms with Gasteiger partial charge in [0, 0.05) is 43.8 Å². The van der Waals surface area contributed by atoms with E-state index in [0.29, 0.717) is 28.3 Å². The van der Waals surface area contributed by atoms with Crippen molar-refractivity contribution < 1.29 is 22.8 Å². The van der Waals surface area contributed by atoms with E-state index in [-0.39, 0.29) is 0 Å². The number of hydrogen-bond donors (Lipinski definition) is 2. The first-order valence-electron chi connectivity index (χ1n) is 9.65. The Bertz CT molecular complexity index is 1210. The highest BCUT2D eigenvalue weighted by atomic mass is 19.4. The van der Waals surface area contributed by atoms with Crippen molar-refractivity contribution in [2.24, 2.45) is 10.9 Å². The van der Waals surface area contributed by atoms with Gasteiger partial charge in [-0.25, -0.2) is 9.50 Å². The van der Waals surface area contributed by atoms with Crippen LogP contribution in [-0.2, 0) is 9.59 Å². The smallest absolute Gasteiger partial charge is 0.336 e. The number of nitrogens with one attached hydrogen (secondary N) is 2. The molecular formula is C21H20F3N7O2. The lowest BCUT2D eigenvalue weighted by molar-refractivity contribution is -0.158. The number of halogens is 3. The van der Waals surface area contributed by atoms with Crippen LogP contribution < -0.4 is 5.32 Å². The highest BCUT2D eigenvalue weighted by Gasteiger charge is 2.36. The van der Waals surface area contributed by atoms with Crippen LogP contribution in [0.1, 0.15) is 0 Å². The number of pyridine rings is 1. The van der Waals surface area contributed by atoms with Crippen molar-refractivity contribution in [3.8, 4) is 11.4 Å². The maximum Gasteiger partial charge on any atom is 0.406 e. The number of hydrogen-bond acceptors (Lipinski definition) is 6. The molecule has 2 heterocycles. The normalized spacial score (nSPS) is 12.9. The summed E-state index contributed by atoms with van der Waals surface area (Å²) >= 11 is 0. The summed E-state index contributed by atoms with van der Waals surface area (Å²) in [6.45, 7) is -1.51. The summed E-state index contributed by atoms with van der Waals surface area (Å²) < 4.78 is 39.4. The van der Waals surface area contributed by atoms with E-state index < -0.39 is 36.2 Å². The van der Waals surface area contributed by atoms with Gasteiger partial charge in [0.2, 0.25) is 5.91 Å². The van der Waals surface area contributed by atoms with Crippen molar-refractivity contribution in [1.29, 1.82) is 5.41 Å². The largest absolute Gasteiger partial charge is 0.406 e. The zero-order valence-electron chi connectivity index (χ0n) is 17.7. The Kier molecular flexibility index (Phi) is 6.85. The van der Waals surface area contributed by atoms with Gasteiger partial charge in [-0.1, -0.05) is 30.3 Å². The van der Waals surface area contributed by atoms with E-state index in [2.05, 4.69) is 20.4 Å². The van der Waals surface area contributed by atoms with Gasteiger partial charge in [-0.2, -0.15) is 13.2 Å². The molecule has 3 aromatic rings. The zero-order chi connectivity index (χ0) is 24.2. The van der Waals surface area contributed by atoms with E-state index in [1.165, 1.54) is 11.6 Å². The fraction of sp³-hybridized carbons (Fsp3) is 0.238. The molecule has 0 saturated heterocycles. The number of amides is 2. The first-order valence-corrected chi connectivity index (χ1v) is 9.65. The standard InChI is InChI=1S/C21H20F3N7O2/c1-26-17(15(11-25)20(33)30(2)12-21(22,23)24)19(32)27-14-8-9-31-16(10-14)28-18(29-31)13-6-4-3-5-7-13/h3-11,15,25H,12H2,1-2H3,(H,27,32). The summed E-state index contributed by atoms with van der Waals surface area (Å²) in [5, 5.41) is 14.4. The number of nitrogens with zero attached hydrogens (tertiary/aromatic N) is 5. The number of fused-ring (bicyclic) bond motifs is 1. The minimum absolute atomic E-state index is 0.306. The third-order valence-electron chi connectivity index (χ3n) is 4.62. The maximum atomic E-state index is 12.7.